The molecule has 0 spiro atoms. The number of benzene rings is 8. The average Bonchev–Trinajstić information content (AvgIpc) is 0.756. The molecule has 0 atom stereocenters. The molecule has 8 aliphatic rings. The van der Waals surface area contributed by atoms with Crippen molar-refractivity contribution in [2.24, 2.45) is 35.5 Å². The first-order valence-corrected chi connectivity index (χ1v) is 80.9. The smallest absolute Gasteiger partial charge is 0.358 e. The van der Waals surface area contributed by atoms with Crippen LogP contribution in [0.2, 0.25) is 157 Å². The van der Waals surface area contributed by atoms with Crippen LogP contribution in [0.25, 0.3) is 29.1 Å². The van der Waals surface area contributed by atoms with Gasteiger partial charge in [0.05, 0.1) is 119 Å². The molecular formula is C118H190N6Ru3Si12+6. The summed E-state index contributed by atoms with van der Waals surface area (Å²) in [6.07, 6.45) is 16.2. The third-order valence-corrected chi connectivity index (χ3v) is 46.8. The van der Waals surface area contributed by atoms with Crippen LogP contribution in [0.5, 0.6) is 0 Å². The van der Waals surface area contributed by atoms with Gasteiger partial charge in [0.15, 0.2) is 11.4 Å². The normalized spacial score (nSPS) is 17.7. The molecule has 139 heavy (non-hydrogen) atoms. The summed E-state index contributed by atoms with van der Waals surface area (Å²) in [4.78, 5) is 21.3. The first kappa shape index (κ1) is 147. The topological polar surface area (TPSA) is 26.2 Å². The van der Waals surface area contributed by atoms with Crippen molar-refractivity contribution in [2.75, 3.05) is 0 Å². The standard InChI is InChI=1S/2C11H15N.2C10H11N.3C10H18Si2.3C10H16Si2.2C5H9N.6CH3.3Ru/c2*1-12-11-5-8-2-9(6-11)4-10(3-8)7-11;2*1-7-5-8(2)10(11-4)9(3)6-7;6*1-11(2)9-7-5-6-8-10(9)12(3)4;2*1-5(2,3)6-4;;;;;;;;;/h2*8-10H,2-7H2;2*5-6H,1-3H3;3*5-8,11-12H,1-4H3;3*5-8H,1-4H3;2*1-3H3;6*1H3;;;/q;;;;;;;;;;;;6*-1;3*+4. The van der Waals surface area contributed by atoms with Crippen molar-refractivity contribution in [3.63, 3.8) is 0 Å². The quantitative estimate of drug-likeness (QED) is 0.0861. The molecule has 8 aromatic rings. The minimum Gasteiger partial charge on any atom is -0.358 e. The molecule has 16 rings (SSSR count). The van der Waals surface area contributed by atoms with Crippen molar-refractivity contribution in [1.82, 2.24) is 0 Å². The average molecular weight is 2330 g/mol. The van der Waals surface area contributed by atoms with Crippen LogP contribution in [0.1, 0.15) is 152 Å². The zero-order valence-corrected chi connectivity index (χ0v) is 113. The van der Waals surface area contributed by atoms with Crippen LogP contribution < -0.4 is 62.2 Å². The van der Waals surface area contributed by atoms with E-state index in [0.717, 1.165) is 69.1 Å². The number of nitrogens with zero attached hydrogens (tertiary/aromatic N) is 6. The summed E-state index contributed by atoms with van der Waals surface area (Å²) in [5.41, 5.74) is 8.32. The van der Waals surface area contributed by atoms with E-state index < -0.39 is 52.8 Å². The molecule has 0 heterocycles. The van der Waals surface area contributed by atoms with E-state index in [9.17, 15) is 0 Å². The van der Waals surface area contributed by atoms with Gasteiger partial charge in [-0.15, -0.1) is 0 Å². The fourth-order valence-corrected chi connectivity index (χ4v) is 44.2. The fourth-order valence-electron chi connectivity index (χ4n) is 19.9. The van der Waals surface area contributed by atoms with Crippen LogP contribution in [0.3, 0.4) is 0 Å². The van der Waals surface area contributed by atoms with E-state index in [4.69, 9.17) is 39.4 Å². The molecule has 0 aromatic heterocycles. The molecule has 6 radical (unpaired) electrons. The Hall–Kier alpha value is -4.83. The van der Waals surface area contributed by atoms with Gasteiger partial charge in [-0.05, 0) is 138 Å². The SMILES string of the molecule is C[SiH](C)c1ccccc1[SiH](C)C.C[SiH](C)c1ccccc1[SiH](C)C.C[SiH](C)c1ccccc1[SiH](C)C.C[Si](C)c1ccccc1[Si](C)C.C[Si](C)c1ccccc1[Si](C)C.C[Si](C)c1ccccc1[Si](C)C.[C-]#[N+]C(C)(C)C.[C-]#[N+]C(C)(C)C.[C-]#[N+]C12CC3CC(CC(C3)C1)C2.[C-]#[N+]C12CC3CC(CC(C3)C1)C2.[C-]#[N+]c1c(C)cc(C)cc1C.[C-]#[N+]c1c(C)cc(C)cc1C.[CH3-].[CH3-].[CH3-].[CH3-].[CH3-].[CH3-].[Ru+4].[Ru+4].[Ru+4]. The van der Waals surface area contributed by atoms with Gasteiger partial charge in [0.2, 0.25) is 22.2 Å². The van der Waals surface area contributed by atoms with Gasteiger partial charge in [0.1, 0.15) is 0 Å². The van der Waals surface area contributed by atoms with Crippen LogP contribution >= 0.6 is 0 Å². The van der Waals surface area contributed by atoms with Crippen molar-refractivity contribution in [3.8, 4) is 0 Å². The molecule has 8 fully saturated rings. The Kier molecular flexibility index (Phi) is 76.7. The van der Waals surface area contributed by atoms with E-state index in [2.05, 4.69) is 332 Å². The number of hydrogen-bond acceptors (Lipinski definition) is 0. The molecule has 8 aromatic carbocycles. The van der Waals surface area contributed by atoms with Crippen molar-refractivity contribution in [1.29, 1.82) is 0 Å². The first-order chi connectivity index (χ1) is 60.8. The molecule has 758 valence electrons. The zero-order chi connectivity index (χ0) is 98.5. The van der Waals surface area contributed by atoms with Gasteiger partial charge >= 0.3 is 58.4 Å². The first-order valence-electron chi connectivity index (χ1n) is 48.6. The third kappa shape index (κ3) is 51.4. The second kappa shape index (κ2) is 72.5. The van der Waals surface area contributed by atoms with Crippen molar-refractivity contribution < 1.29 is 58.4 Å². The van der Waals surface area contributed by atoms with Gasteiger partial charge in [-0.2, -0.15) is 0 Å². The third-order valence-electron chi connectivity index (χ3n) is 25.4. The van der Waals surface area contributed by atoms with Gasteiger partial charge in [0, 0.05) is 80.1 Å². The zero-order valence-electron chi connectivity index (χ0n) is 95.3. The minimum atomic E-state index is -0.590. The molecular weight excluding hydrogens is 2140 g/mol. The van der Waals surface area contributed by atoms with Crippen LogP contribution in [-0.4, -0.2) is 128 Å². The second-order valence-electron chi connectivity index (χ2n) is 43.2. The van der Waals surface area contributed by atoms with E-state index in [0.29, 0.717) is 0 Å². The van der Waals surface area contributed by atoms with Crippen LogP contribution in [0, 0.1) is 161 Å². The maximum Gasteiger partial charge on any atom is 4.00 e. The molecule has 0 saturated heterocycles. The monoisotopic (exact) mass is 2330 g/mol. The van der Waals surface area contributed by atoms with Gasteiger partial charge in [-0.25, -0.2) is 36.0 Å². The van der Waals surface area contributed by atoms with E-state index in [1.54, 1.807) is 62.2 Å². The molecule has 8 aliphatic carbocycles. The van der Waals surface area contributed by atoms with Gasteiger partial charge in [0.25, 0.3) is 0 Å². The molecule has 0 N–H and O–H groups in total. The molecule has 0 aliphatic heterocycles. The van der Waals surface area contributed by atoms with Crippen molar-refractivity contribution in [3.05, 3.63) is 316 Å². The Morgan fingerprint density at radius 3 is 0.489 bits per heavy atom. The Labute approximate surface area is 919 Å². The predicted molar refractivity (Wildman–Crippen MR) is 652 cm³/mol. The van der Waals surface area contributed by atoms with E-state index in [-0.39, 0.29) is 178 Å². The van der Waals surface area contributed by atoms with Gasteiger partial charge in [-0.1, -0.05) is 400 Å². The molecule has 8 bridgehead atoms. The van der Waals surface area contributed by atoms with E-state index >= 15 is 0 Å². The van der Waals surface area contributed by atoms with E-state index in [1.165, 1.54) is 88.2 Å². The van der Waals surface area contributed by atoms with E-state index in [1.807, 2.05) is 107 Å². The summed E-state index contributed by atoms with van der Waals surface area (Å²) in [5.74, 6) is 5.61. The number of aryl methyl sites for hydroxylation is 6. The van der Waals surface area contributed by atoms with Crippen LogP contribution in [0.4, 0.5) is 11.4 Å². The second-order valence-corrected chi connectivity index (χ2v) is 76.1. The van der Waals surface area contributed by atoms with Gasteiger partial charge in [-0.3, -0.25) is 0 Å². The van der Waals surface area contributed by atoms with Crippen molar-refractivity contribution in [2.45, 2.75) is 339 Å². The minimum absolute atomic E-state index is 0. The largest absolute Gasteiger partial charge is 4.00 e. The molecule has 0 amide bonds. The Bertz CT molecular complexity index is 4190. The Morgan fingerprint density at radius 1 is 0.259 bits per heavy atom. The van der Waals surface area contributed by atoms with Crippen LogP contribution in [-0.2, 0) is 58.4 Å². The maximum absolute atomic E-state index is 7.30. The Morgan fingerprint density at radius 2 is 0.388 bits per heavy atom. The summed E-state index contributed by atoms with van der Waals surface area (Å²) in [6.45, 7) is 122. The summed E-state index contributed by atoms with van der Waals surface area (Å²) in [6, 6.07) is 62.1. The van der Waals surface area contributed by atoms with Crippen molar-refractivity contribution >= 4 is 179 Å². The summed E-state index contributed by atoms with van der Waals surface area (Å²) in [5, 5.41) is 20.0. The number of hydrogen-bond donors (Lipinski definition) is 0. The van der Waals surface area contributed by atoms with Gasteiger partial charge < -0.3 is 63.9 Å². The molecule has 8 saturated carbocycles. The summed E-state index contributed by atoms with van der Waals surface area (Å²) in [7, 11) is -5.10. The maximum atomic E-state index is 7.30. The molecule has 6 nitrogen and oxygen atoms in total. The summed E-state index contributed by atoms with van der Waals surface area (Å²) < 4.78 is 0. The summed E-state index contributed by atoms with van der Waals surface area (Å²) >= 11 is 0. The molecule has 0 unspecified atom stereocenters. The molecule has 21 heteroatoms. The predicted octanol–water partition coefficient (Wildman–Crippen LogP) is 26.2. The van der Waals surface area contributed by atoms with Crippen LogP contribution in [0.15, 0.2) is 170 Å². The Balaban J connectivity index is -0.000000273. The fraction of sp³-hybridized carbons (Fsp3) is 0.492. The number of rotatable bonds is 12.